The molecule has 2 aliphatic rings. The third-order valence-electron chi connectivity index (χ3n) is 3.88. The van der Waals surface area contributed by atoms with Crippen LogP contribution in [0.5, 0.6) is 0 Å². The van der Waals surface area contributed by atoms with E-state index in [-0.39, 0.29) is 23.6 Å². The number of hydrogen-bond donors (Lipinski definition) is 3. The van der Waals surface area contributed by atoms with E-state index in [1.54, 1.807) is 0 Å². The Balaban J connectivity index is 1.81. The Kier molecular flexibility index (Phi) is 2.73. The van der Waals surface area contributed by atoms with E-state index in [9.17, 15) is 9.90 Å². The van der Waals surface area contributed by atoms with Gasteiger partial charge in [-0.15, -0.1) is 0 Å². The van der Waals surface area contributed by atoms with Crippen molar-refractivity contribution in [2.24, 2.45) is 5.73 Å². The van der Waals surface area contributed by atoms with Gasteiger partial charge in [-0.05, 0) is 38.5 Å². The van der Waals surface area contributed by atoms with Crippen molar-refractivity contribution in [1.29, 1.82) is 0 Å². The lowest BCUT2D eigenvalue weighted by Gasteiger charge is -2.43. The quantitative estimate of drug-likeness (QED) is 0.627. The van der Waals surface area contributed by atoms with Crippen LogP contribution in [0.3, 0.4) is 0 Å². The minimum absolute atomic E-state index is 0.00551. The van der Waals surface area contributed by atoms with E-state index >= 15 is 0 Å². The molecule has 0 atom stereocenters. The molecule has 0 spiro atoms. The smallest absolute Gasteiger partial charge is 0.222 e. The molecule has 0 saturated heterocycles. The lowest BCUT2D eigenvalue weighted by atomic mass is 9.74. The zero-order valence-corrected chi connectivity index (χ0v) is 9.09. The van der Waals surface area contributed by atoms with Crippen LogP contribution >= 0.6 is 0 Å². The molecule has 0 aliphatic heterocycles. The highest BCUT2D eigenvalue weighted by molar-refractivity contribution is 5.78. The molecule has 2 aliphatic carbocycles. The minimum Gasteiger partial charge on any atom is -0.394 e. The average molecular weight is 212 g/mol. The number of carbonyl (C=O) groups is 1. The molecule has 0 aromatic rings. The van der Waals surface area contributed by atoms with E-state index < -0.39 is 0 Å². The first kappa shape index (κ1) is 10.9. The summed E-state index contributed by atoms with van der Waals surface area (Å²) in [5, 5.41) is 12.1. The van der Waals surface area contributed by atoms with E-state index in [1.165, 1.54) is 0 Å². The summed E-state index contributed by atoms with van der Waals surface area (Å²) in [5.74, 6) is 0.00551. The summed E-state index contributed by atoms with van der Waals surface area (Å²) in [6.07, 6.45) is 6.33. The maximum Gasteiger partial charge on any atom is 0.222 e. The molecule has 0 aromatic heterocycles. The summed E-state index contributed by atoms with van der Waals surface area (Å²) in [6.45, 7) is 0.0519. The summed E-state index contributed by atoms with van der Waals surface area (Å²) in [5.41, 5.74) is 5.42. The predicted octanol–water partition coefficient (Wildman–Crippen LogP) is 0.289. The number of aliphatic hydroxyl groups is 1. The van der Waals surface area contributed by atoms with Crippen LogP contribution in [0.25, 0.3) is 0 Å². The monoisotopic (exact) mass is 212 g/mol. The van der Waals surface area contributed by atoms with E-state index in [0.29, 0.717) is 6.42 Å². The van der Waals surface area contributed by atoms with Crippen LogP contribution in [-0.4, -0.2) is 28.7 Å². The van der Waals surface area contributed by atoms with Crippen molar-refractivity contribution in [3.8, 4) is 0 Å². The van der Waals surface area contributed by atoms with Crippen molar-refractivity contribution in [2.45, 2.75) is 56.0 Å². The Labute approximate surface area is 90.2 Å². The molecule has 86 valence electrons. The van der Waals surface area contributed by atoms with Gasteiger partial charge in [-0.2, -0.15) is 0 Å². The number of nitrogens with two attached hydrogens (primary N) is 1. The van der Waals surface area contributed by atoms with Gasteiger partial charge in [-0.3, -0.25) is 4.79 Å². The molecule has 0 radical (unpaired) electrons. The van der Waals surface area contributed by atoms with Gasteiger partial charge in [0.05, 0.1) is 12.1 Å². The maximum atomic E-state index is 11.7. The van der Waals surface area contributed by atoms with Gasteiger partial charge in [0.25, 0.3) is 0 Å². The van der Waals surface area contributed by atoms with Crippen molar-refractivity contribution in [3.63, 3.8) is 0 Å². The second-order valence-electron chi connectivity index (χ2n) is 5.23. The molecular weight excluding hydrogens is 192 g/mol. The van der Waals surface area contributed by atoms with Gasteiger partial charge in [-0.25, -0.2) is 0 Å². The van der Waals surface area contributed by atoms with Gasteiger partial charge in [0, 0.05) is 12.0 Å². The molecule has 2 fully saturated rings. The number of carbonyl (C=O) groups excluding carboxylic acids is 1. The second kappa shape index (κ2) is 3.76. The number of rotatable bonds is 4. The lowest BCUT2D eigenvalue weighted by molar-refractivity contribution is -0.127. The number of nitrogens with one attached hydrogen (secondary N) is 1. The third kappa shape index (κ3) is 2.16. The molecule has 0 unspecified atom stereocenters. The second-order valence-corrected chi connectivity index (χ2v) is 5.23. The Morgan fingerprint density at radius 3 is 2.20 bits per heavy atom. The number of hydrogen-bond acceptors (Lipinski definition) is 3. The van der Waals surface area contributed by atoms with Crippen LogP contribution in [0, 0.1) is 0 Å². The normalized spacial score (nSPS) is 26.3. The zero-order valence-electron chi connectivity index (χ0n) is 9.09. The molecule has 15 heavy (non-hydrogen) atoms. The average Bonchev–Trinajstić information content (AvgIpc) is 2.09. The standard InChI is InChI=1S/C11H20N2O2/c12-10(3-1-4-10)7-9(15)13-11(8-14)5-2-6-11/h14H,1-8,12H2,(H,13,15). The van der Waals surface area contributed by atoms with E-state index in [0.717, 1.165) is 38.5 Å². The Hall–Kier alpha value is -0.610. The molecule has 2 rings (SSSR count). The van der Waals surface area contributed by atoms with Crippen LogP contribution < -0.4 is 11.1 Å². The molecule has 4 heteroatoms. The summed E-state index contributed by atoms with van der Waals surface area (Å²) in [7, 11) is 0. The third-order valence-corrected chi connectivity index (χ3v) is 3.88. The molecule has 4 N–H and O–H groups in total. The van der Waals surface area contributed by atoms with Crippen molar-refractivity contribution >= 4 is 5.91 Å². The SMILES string of the molecule is NC1(CC(=O)NC2(CO)CCC2)CCC1. The fraction of sp³-hybridized carbons (Fsp3) is 0.909. The van der Waals surface area contributed by atoms with Gasteiger partial charge in [0.1, 0.15) is 0 Å². The lowest BCUT2D eigenvalue weighted by Crippen LogP contribution is -2.59. The molecule has 0 aromatic carbocycles. The fourth-order valence-corrected chi connectivity index (χ4v) is 2.39. The highest BCUT2D eigenvalue weighted by atomic mass is 16.3. The van der Waals surface area contributed by atoms with Crippen LogP contribution in [0.2, 0.25) is 0 Å². The molecule has 2 saturated carbocycles. The van der Waals surface area contributed by atoms with E-state index in [4.69, 9.17) is 5.73 Å². The van der Waals surface area contributed by atoms with Gasteiger partial charge < -0.3 is 16.2 Å². The maximum absolute atomic E-state index is 11.7. The molecule has 4 nitrogen and oxygen atoms in total. The van der Waals surface area contributed by atoms with E-state index in [1.807, 2.05) is 0 Å². The van der Waals surface area contributed by atoms with Gasteiger partial charge in [-0.1, -0.05) is 0 Å². The summed E-state index contributed by atoms with van der Waals surface area (Å²) in [4.78, 5) is 11.7. The van der Waals surface area contributed by atoms with Gasteiger partial charge in [0.2, 0.25) is 5.91 Å². The van der Waals surface area contributed by atoms with E-state index in [2.05, 4.69) is 5.32 Å². The van der Waals surface area contributed by atoms with Crippen LogP contribution in [0.4, 0.5) is 0 Å². The molecule has 0 heterocycles. The van der Waals surface area contributed by atoms with Crippen LogP contribution in [-0.2, 0) is 4.79 Å². The first-order valence-corrected chi connectivity index (χ1v) is 5.78. The first-order valence-electron chi connectivity index (χ1n) is 5.78. The minimum atomic E-state index is -0.322. The molecular formula is C11H20N2O2. The zero-order chi connectivity index (χ0) is 10.9. The van der Waals surface area contributed by atoms with Crippen molar-refractivity contribution < 1.29 is 9.90 Å². The Morgan fingerprint density at radius 1 is 1.27 bits per heavy atom. The van der Waals surface area contributed by atoms with Crippen LogP contribution in [0.15, 0.2) is 0 Å². The molecule has 0 bridgehead atoms. The topological polar surface area (TPSA) is 75.4 Å². The van der Waals surface area contributed by atoms with Crippen molar-refractivity contribution in [2.75, 3.05) is 6.61 Å². The molecule has 1 amide bonds. The van der Waals surface area contributed by atoms with Gasteiger partial charge >= 0.3 is 0 Å². The van der Waals surface area contributed by atoms with Gasteiger partial charge in [0.15, 0.2) is 0 Å². The largest absolute Gasteiger partial charge is 0.394 e. The number of amides is 1. The highest BCUT2D eigenvalue weighted by Crippen LogP contribution is 2.34. The summed E-state index contributed by atoms with van der Waals surface area (Å²) < 4.78 is 0. The van der Waals surface area contributed by atoms with Crippen molar-refractivity contribution in [3.05, 3.63) is 0 Å². The van der Waals surface area contributed by atoms with Crippen molar-refractivity contribution in [1.82, 2.24) is 5.32 Å². The Morgan fingerprint density at radius 2 is 1.87 bits per heavy atom. The fourth-order valence-electron chi connectivity index (χ4n) is 2.39. The van der Waals surface area contributed by atoms with Crippen LogP contribution in [0.1, 0.15) is 44.9 Å². The Bertz CT molecular complexity index is 252. The number of aliphatic hydroxyl groups excluding tert-OH is 1. The summed E-state index contributed by atoms with van der Waals surface area (Å²) in [6, 6.07) is 0. The highest BCUT2D eigenvalue weighted by Gasteiger charge is 2.40. The first-order chi connectivity index (χ1) is 7.08. The summed E-state index contributed by atoms with van der Waals surface area (Å²) >= 11 is 0. The predicted molar refractivity (Wildman–Crippen MR) is 57.2 cm³/mol.